The summed E-state index contributed by atoms with van der Waals surface area (Å²) < 4.78 is 0. The Balaban J connectivity index is 1.66. The fraction of sp³-hybridized carbons (Fsp3) is 0.150. The Morgan fingerprint density at radius 2 is 1.64 bits per heavy atom. The van der Waals surface area contributed by atoms with E-state index in [1.165, 1.54) is 16.3 Å². The van der Waals surface area contributed by atoms with E-state index in [-0.39, 0.29) is 5.91 Å². The van der Waals surface area contributed by atoms with Crippen molar-refractivity contribution in [1.82, 2.24) is 5.32 Å². The Kier molecular flexibility index (Phi) is 4.19. The minimum absolute atomic E-state index is 0.0526. The molecule has 0 aromatic heterocycles. The van der Waals surface area contributed by atoms with Crippen molar-refractivity contribution in [1.29, 1.82) is 0 Å². The number of hydrogen-bond donors (Lipinski definition) is 1. The van der Waals surface area contributed by atoms with Crippen molar-refractivity contribution in [2.24, 2.45) is 0 Å². The molecule has 3 rings (SSSR count). The summed E-state index contributed by atoms with van der Waals surface area (Å²) in [6, 6.07) is 22.5. The minimum Gasteiger partial charge on any atom is -0.352 e. The highest BCUT2D eigenvalue weighted by atomic mass is 16.1. The molecule has 2 nitrogen and oxygen atoms in total. The van der Waals surface area contributed by atoms with Gasteiger partial charge in [0.2, 0.25) is 5.91 Å². The summed E-state index contributed by atoms with van der Waals surface area (Å²) in [7, 11) is 0. The molecule has 0 aliphatic rings. The molecule has 0 bridgehead atoms. The summed E-state index contributed by atoms with van der Waals surface area (Å²) >= 11 is 0. The SMILES string of the molecule is Cc1ccc(CC(=O)NCc2cccc3ccccc23)cc1. The van der Waals surface area contributed by atoms with Gasteiger partial charge in [-0.1, -0.05) is 72.3 Å². The maximum absolute atomic E-state index is 12.1. The van der Waals surface area contributed by atoms with E-state index in [0.717, 1.165) is 11.1 Å². The smallest absolute Gasteiger partial charge is 0.224 e. The van der Waals surface area contributed by atoms with Crippen molar-refractivity contribution < 1.29 is 4.79 Å². The monoisotopic (exact) mass is 289 g/mol. The van der Waals surface area contributed by atoms with Crippen LogP contribution in [0.2, 0.25) is 0 Å². The third-order valence-corrected chi connectivity index (χ3v) is 3.84. The number of carbonyl (C=O) groups excluding carboxylic acids is 1. The molecule has 0 saturated carbocycles. The zero-order chi connectivity index (χ0) is 15.4. The van der Waals surface area contributed by atoms with Crippen molar-refractivity contribution in [3.8, 4) is 0 Å². The summed E-state index contributed by atoms with van der Waals surface area (Å²) in [5, 5.41) is 5.41. The van der Waals surface area contributed by atoms with Crippen LogP contribution in [0.15, 0.2) is 66.7 Å². The van der Waals surface area contributed by atoms with Crippen LogP contribution in [0.5, 0.6) is 0 Å². The molecule has 0 unspecified atom stereocenters. The summed E-state index contributed by atoms with van der Waals surface area (Å²) in [6.45, 7) is 2.61. The van der Waals surface area contributed by atoms with Gasteiger partial charge in [-0.25, -0.2) is 0 Å². The minimum atomic E-state index is 0.0526. The number of aryl methyl sites for hydroxylation is 1. The number of fused-ring (bicyclic) bond motifs is 1. The molecule has 110 valence electrons. The molecule has 0 radical (unpaired) electrons. The summed E-state index contributed by atoms with van der Waals surface area (Å²) in [5.41, 5.74) is 3.40. The predicted molar refractivity (Wildman–Crippen MR) is 90.7 cm³/mol. The zero-order valence-corrected chi connectivity index (χ0v) is 12.7. The van der Waals surface area contributed by atoms with Crippen LogP contribution in [0.1, 0.15) is 16.7 Å². The van der Waals surface area contributed by atoms with E-state index in [1.54, 1.807) is 0 Å². The third-order valence-electron chi connectivity index (χ3n) is 3.84. The van der Waals surface area contributed by atoms with E-state index in [1.807, 2.05) is 49.4 Å². The van der Waals surface area contributed by atoms with Crippen LogP contribution in [0.25, 0.3) is 10.8 Å². The van der Waals surface area contributed by atoms with Gasteiger partial charge in [-0.15, -0.1) is 0 Å². The molecule has 0 aliphatic heterocycles. The molecule has 1 N–H and O–H groups in total. The second kappa shape index (κ2) is 6.44. The molecule has 0 spiro atoms. The van der Waals surface area contributed by atoms with E-state index in [4.69, 9.17) is 0 Å². The van der Waals surface area contributed by atoms with Gasteiger partial charge in [-0.05, 0) is 28.8 Å². The van der Waals surface area contributed by atoms with Crippen LogP contribution >= 0.6 is 0 Å². The standard InChI is InChI=1S/C20H19NO/c1-15-9-11-16(12-10-15)13-20(22)21-14-18-7-4-6-17-5-2-3-8-19(17)18/h2-12H,13-14H2,1H3,(H,21,22). The predicted octanol–water partition coefficient (Wildman–Crippen LogP) is 4.01. The number of nitrogens with one attached hydrogen (secondary N) is 1. The lowest BCUT2D eigenvalue weighted by Crippen LogP contribution is -2.24. The van der Waals surface area contributed by atoms with Gasteiger partial charge in [-0.3, -0.25) is 4.79 Å². The highest BCUT2D eigenvalue weighted by molar-refractivity contribution is 5.86. The third kappa shape index (κ3) is 3.34. The molecule has 0 atom stereocenters. The maximum Gasteiger partial charge on any atom is 0.224 e. The van der Waals surface area contributed by atoms with Gasteiger partial charge in [0.1, 0.15) is 0 Å². The number of rotatable bonds is 4. The Morgan fingerprint density at radius 1 is 0.909 bits per heavy atom. The fourth-order valence-electron chi connectivity index (χ4n) is 2.59. The summed E-state index contributed by atoms with van der Waals surface area (Å²) in [5.74, 6) is 0.0526. The second-order valence-corrected chi connectivity index (χ2v) is 5.58. The zero-order valence-electron chi connectivity index (χ0n) is 12.7. The number of benzene rings is 3. The van der Waals surface area contributed by atoms with E-state index in [0.29, 0.717) is 13.0 Å². The fourth-order valence-corrected chi connectivity index (χ4v) is 2.59. The molecule has 0 fully saturated rings. The largest absolute Gasteiger partial charge is 0.352 e. The first kappa shape index (κ1) is 14.3. The Hall–Kier alpha value is -2.61. The lowest BCUT2D eigenvalue weighted by Gasteiger charge is -2.09. The Labute approximate surface area is 130 Å². The number of amides is 1. The molecule has 0 saturated heterocycles. The van der Waals surface area contributed by atoms with Gasteiger partial charge in [0.25, 0.3) is 0 Å². The topological polar surface area (TPSA) is 29.1 Å². The Morgan fingerprint density at radius 3 is 2.45 bits per heavy atom. The average Bonchev–Trinajstić information content (AvgIpc) is 2.55. The molecular formula is C20H19NO. The van der Waals surface area contributed by atoms with Crippen molar-refractivity contribution >= 4 is 16.7 Å². The maximum atomic E-state index is 12.1. The van der Waals surface area contributed by atoms with Crippen LogP contribution in [-0.2, 0) is 17.8 Å². The van der Waals surface area contributed by atoms with Crippen LogP contribution in [-0.4, -0.2) is 5.91 Å². The first-order valence-electron chi connectivity index (χ1n) is 7.51. The number of carbonyl (C=O) groups is 1. The first-order valence-corrected chi connectivity index (χ1v) is 7.51. The lowest BCUT2D eigenvalue weighted by atomic mass is 10.0. The van der Waals surface area contributed by atoms with Gasteiger partial charge >= 0.3 is 0 Å². The van der Waals surface area contributed by atoms with Gasteiger partial charge in [0, 0.05) is 6.54 Å². The van der Waals surface area contributed by atoms with E-state index in [2.05, 4.69) is 29.6 Å². The normalized spacial score (nSPS) is 10.6. The van der Waals surface area contributed by atoms with Crippen molar-refractivity contribution in [3.63, 3.8) is 0 Å². The Bertz CT molecular complexity index is 785. The van der Waals surface area contributed by atoms with Crippen LogP contribution in [0.4, 0.5) is 0 Å². The molecule has 1 amide bonds. The van der Waals surface area contributed by atoms with Gasteiger partial charge in [0.15, 0.2) is 0 Å². The van der Waals surface area contributed by atoms with Gasteiger partial charge in [0.05, 0.1) is 6.42 Å². The summed E-state index contributed by atoms with van der Waals surface area (Å²) in [4.78, 5) is 12.1. The van der Waals surface area contributed by atoms with E-state index < -0.39 is 0 Å². The second-order valence-electron chi connectivity index (χ2n) is 5.58. The highest BCUT2D eigenvalue weighted by Crippen LogP contribution is 2.18. The van der Waals surface area contributed by atoms with Gasteiger partial charge in [-0.2, -0.15) is 0 Å². The lowest BCUT2D eigenvalue weighted by molar-refractivity contribution is -0.120. The first-order chi connectivity index (χ1) is 10.7. The van der Waals surface area contributed by atoms with E-state index >= 15 is 0 Å². The summed E-state index contributed by atoms with van der Waals surface area (Å²) in [6.07, 6.45) is 0.422. The average molecular weight is 289 g/mol. The molecule has 0 heterocycles. The number of hydrogen-bond acceptors (Lipinski definition) is 1. The van der Waals surface area contributed by atoms with E-state index in [9.17, 15) is 4.79 Å². The molecule has 2 heteroatoms. The molecule has 22 heavy (non-hydrogen) atoms. The van der Waals surface area contributed by atoms with Crippen molar-refractivity contribution in [3.05, 3.63) is 83.4 Å². The van der Waals surface area contributed by atoms with Crippen LogP contribution < -0.4 is 5.32 Å². The molecule has 3 aromatic rings. The van der Waals surface area contributed by atoms with Crippen LogP contribution in [0, 0.1) is 6.92 Å². The van der Waals surface area contributed by atoms with Crippen molar-refractivity contribution in [2.45, 2.75) is 19.9 Å². The molecule has 0 aliphatic carbocycles. The quantitative estimate of drug-likeness (QED) is 0.772. The van der Waals surface area contributed by atoms with Crippen LogP contribution in [0.3, 0.4) is 0 Å². The van der Waals surface area contributed by atoms with Crippen molar-refractivity contribution in [2.75, 3.05) is 0 Å². The molecule has 3 aromatic carbocycles. The highest BCUT2D eigenvalue weighted by Gasteiger charge is 2.05. The van der Waals surface area contributed by atoms with Gasteiger partial charge < -0.3 is 5.32 Å². The molecular weight excluding hydrogens is 270 g/mol.